The van der Waals surface area contributed by atoms with Gasteiger partial charge in [0.25, 0.3) is 11.8 Å². The van der Waals surface area contributed by atoms with Gasteiger partial charge in [0, 0.05) is 33.7 Å². The third-order valence-electron chi connectivity index (χ3n) is 5.63. The number of imide groups is 2. The van der Waals surface area contributed by atoms with Crippen molar-refractivity contribution in [2.24, 2.45) is 0 Å². The van der Waals surface area contributed by atoms with Crippen LogP contribution in [0.15, 0.2) is 18.2 Å². The molecular weight excluding hydrogens is 394 g/mol. The third kappa shape index (κ3) is 3.47. The number of nitrogens with zero attached hydrogens (tertiary/aromatic N) is 2. The summed E-state index contributed by atoms with van der Waals surface area (Å²) in [6.07, 6.45) is -0.273. The number of ether oxygens (including phenoxy) is 3. The van der Waals surface area contributed by atoms with E-state index in [0.29, 0.717) is 25.4 Å². The Kier molecular flexibility index (Phi) is 5.54. The van der Waals surface area contributed by atoms with Gasteiger partial charge < -0.3 is 19.1 Å². The Hall–Kier alpha value is -2.82. The van der Waals surface area contributed by atoms with Gasteiger partial charge in [-0.1, -0.05) is 6.07 Å². The zero-order valence-corrected chi connectivity index (χ0v) is 16.8. The van der Waals surface area contributed by atoms with Crippen molar-refractivity contribution in [3.8, 4) is 0 Å². The first-order chi connectivity index (χ1) is 14.4. The number of anilines is 1. The van der Waals surface area contributed by atoms with Crippen molar-refractivity contribution in [3.63, 3.8) is 0 Å². The van der Waals surface area contributed by atoms with Crippen LogP contribution in [0.5, 0.6) is 0 Å². The molecule has 0 aliphatic carbocycles. The van der Waals surface area contributed by atoms with E-state index < -0.39 is 36.0 Å². The number of methoxy groups -OCH3 is 2. The number of hydrogen-bond acceptors (Lipinski definition) is 8. The largest absolute Gasteiger partial charge is 0.369 e. The lowest BCUT2D eigenvalue weighted by atomic mass is 10.0. The van der Waals surface area contributed by atoms with Gasteiger partial charge in [0.05, 0.1) is 29.5 Å². The molecule has 1 aromatic carbocycles. The van der Waals surface area contributed by atoms with Crippen molar-refractivity contribution in [1.82, 2.24) is 10.2 Å². The molecular formula is C20H23N3O7. The van der Waals surface area contributed by atoms with Crippen LogP contribution in [0.3, 0.4) is 0 Å². The van der Waals surface area contributed by atoms with E-state index in [1.165, 1.54) is 14.2 Å². The molecule has 1 unspecified atom stereocenters. The number of rotatable bonds is 7. The van der Waals surface area contributed by atoms with Gasteiger partial charge in [-0.05, 0) is 18.6 Å². The monoisotopic (exact) mass is 417 g/mol. The number of fused-ring (bicyclic) bond motifs is 1. The van der Waals surface area contributed by atoms with Crippen LogP contribution in [0.25, 0.3) is 0 Å². The Bertz CT molecular complexity index is 892. The quantitative estimate of drug-likeness (QED) is 0.484. The maximum atomic E-state index is 13.1. The fourth-order valence-corrected chi connectivity index (χ4v) is 3.95. The smallest absolute Gasteiger partial charge is 0.264 e. The highest BCUT2D eigenvalue weighted by Crippen LogP contribution is 2.36. The van der Waals surface area contributed by atoms with Crippen LogP contribution in [0, 0.1) is 0 Å². The van der Waals surface area contributed by atoms with E-state index in [2.05, 4.69) is 5.32 Å². The second-order valence-corrected chi connectivity index (χ2v) is 7.41. The van der Waals surface area contributed by atoms with Crippen molar-refractivity contribution in [2.45, 2.75) is 31.3 Å². The van der Waals surface area contributed by atoms with Gasteiger partial charge in [-0.3, -0.25) is 29.4 Å². The van der Waals surface area contributed by atoms with E-state index in [1.807, 2.05) is 4.90 Å². The first kappa shape index (κ1) is 20.5. The predicted octanol–water partition coefficient (Wildman–Crippen LogP) is -0.0881. The van der Waals surface area contributed by atoms with Crippen molar-refractivity contribution in [1.29, 1.82) is 0 Å². The maximum absolute atomic E-state index is 13.1. The molecule has 3 heterocycles. The highest BCUT2D eigenvalue weighted by atomic mass is 16.7. The molecule has 0 aromatic heterocycles. The van der Waals surface area contributed by atoms with E-state index >= 15 is 0 Å². The molecule has 1 aromatic rings. The van der Waals surface area contributed by atoms with Crippen molar-refractivity contribution < 1.29 is 33.4 Å². The lowest BCUT2D eigenvalue weighted by Crippen LogP contribution is -2.55. The Labute approximate surface area is 173 Å². The molecule has 4 rings (SSSR count). The normalized spacial score (nSPS) is 21.9. The minimum absolute atomic E-state index is 0.0490. The second kappa shape index (κ2) is 8.13. The van der Waals surface area contributed by atoms with Gasteiger partial charge in [0.1, 0.15) is 6.04 Å². The number of benzene rings is 1. The number of piperidine rings is 1. The Morgan fingerprint density at radius 1 is 1.10 bits per heavy atom. The van der Waals surface area contributed by atoms with Crippen molar-refractivity contribution in [2.75, 3.05) is 38.8 Å². The number of carbonyl (C=O) groups is 4. The van der Waals surface area contributed by atoms with Gasteiger partial charge in [-0.2, -0.15) is 0 Å². The molecule has 0 radical (unpaired) electrons. The summed E-state index contributed by atoms with van der Waals surface area (Å²) in [5.74, 6) is -2.04. The van der Waals surface area contributed by atoms with Crippen LogP contribution in [0.4, 0.5) is 5.69 Å². The summed E-state index contributed by atoms with van der Waals surface area (Å²) in [6.45, 7) is 1.39. The van der Waals surface area contributed by atoms with Crippen LogP contribution < -0.4 is 10.2 Å². The highest BCUT2D eigenvalue weighted by molar-refractivity contribution is 6.25. The van der Waals surface area contributed by atoms with Crippen LogP contribution in [-0.4, -0.2) is 80.9 Å². The van der Waals surface area contributed by atoms with Crippen LogP contribution in [0.1, 0.15) is 33.6 Å². The summed E-state index contributed by atoms with van der Waals surface area (Å²) in [5.41, 5.74) is 1.19. The molecule has 4 amide bonds. The highest BCUT2D eigenvalue weighted by Gasteiger charge is 2.46. The first-order valence-electron chi connectivity index (χ1n) is 9.71. The SMILES string of the molecule is COC(COC1CN(c2cccc3c2C(=O)N(C2CCC(=O)NC2=O)C3=O)C1)OC. The second-order valence-electron chi connectivity index (χ2n) is 7.41. The third-order valence-corrected chi connectivity index (χ3v) is 5.63. The number of hydrogen-bond donors (Lipinski definition) is 1. The van der Waals surface area contributed by atoms with Crippen molar-refractivity contribution in [3.05, 3.63) is 29.3 Å². The predicted molar refractivity (Wildman–Crippen MR) is 103 cm³/mol. The Balaban J connectivity index is 1.48. The molecule has 10 nitrogen and oxygen atoms in total. The zero-order valence-electron chi connectivity index (χ0n) is 16.8. The summed E-state index contributed by atoms with van der Waals surface area (Å²) >= 11 is 0. The van der Waals surface area contributed by atoms with Gasteiger partial charge in [0.15, 0.2) is 6.29 Å². The van der Waals surface area contributed by atoms with E-state index in [0.717, 1.165) is 4.90 Å². The Morgan fingerprint density at radius 2 is 1.83 bits per heavy atom. The number of carbonyl (C=O) groups excluding carboxylic acids is 4. The molecule has 1 atom stereocenters. The number of amides is 4. The average Bonchev–Trinajstić information content (AvgIpc) is 2.95. The fraction of sp³-hybridized carbons (Fsp3) is 0.500. The minimum atomic E-state index is -0.976. The molecule has 3 aliphatic heterocycles. The molecule has 3 aliphatic rings. The van der Waals surface area contributed by atoms with Gasteiger partial charge in [-0.15, -0.1) is 0 Å². The van der Waals surface area contributed by atoms with Crippen LogP contribution in [-0.2, 0) is 23.8 Å². The minimum Gasteiger partial charge on any atom is -0.369 e. The number of nitrogens with one attached hydrogen (secondary N) is 1. The topological polar surface area (TPSA) is 114 Å². The molecule has 1 N–H and O–H groups in total. The van der Waals surface area contributed by atoms with Gasteiger partial charge in [0.2, 0.25) is 11.8 Å². The van der Waals surface area contributed by atoms with Gasteiger partial charge in [-0.25, -0.2) is 0 Å². The van der Waals surface area contributed by atoms with Gasteiger partial charge >= 0.3 is 0 Å². The van der Waals surface area contributed by atoms with Crippen molar-refractivity contribution >= 4 is 29.3 Å². The Morgan fingerprint density at radius 3 is 2.50 bits per heavy atom. The molecule has 10 heteroatoms. The molecule has 0 spiro atoms. The standard InChI is InChI=1S/C20H23N3O7/c1-28-16(29-2)10-30-11-8-22(9-11)13-5-3-4-12-17(13)20(27)23(19(12)26)14-6-7-15(24)21-18(14)25/h3-5,11,14,16H,6-10H2,1-2H3,(H,21,24,25). The molecule has 2 saturated heterocycles. The van der Waals surface area contributed by atoms with E-state index in [9.17, 15) is 19.2 Å². The van der Waals surface area contributed by atoms with Crippen LogP contribution in [0.2, 0.25) is 0 Å². The summed E-state index contributed by atoms with van der Waals surface area (Å²) in [6, 6.07) is 4.10. The fourth-order valence-electron chi connectivity index (χ4n) is 3.95. The van der Waals surface area contributed by atoms with E-state index in [-0.39, 0.29) is 30.1 Å². The summed E-state index contributed by atoms with van der Waals surface area (Å²) in [5, 5.41) is 2.20. The molecule has 30 heavy (non-hydrogen) atoms. The zero-order chi connectivity index (χ0) is 21.4. The molecule has 0 bridgehead atoms. The first-order valence-corrected chi connectivity index (χ1v) is 9.71. The lowest BCUT2D eigenvalue weighted by molar-refractivity contribution is -0.153. The summed E-state index contributed by atoms with van der Waals surface area (Å²) in [7, 11) is 3.07. The average molecular weight is 417 g/mol. The maximum Gasteiger partial charge on any atom is 0.264 e. The summed E-state index contributed by atoms with van der Waals surface area (Å²) in [4.78, 5) is 52.6. The lowest BCUT2D eigenvalue weighted by Gasteiger charge is -2.41. The van der Waals surface area contributed by atoms with Crippen LogP contribution >= 0.6 is 0 Å². The molecule has 2 fully saturated rings. The summed E-state index contributed by atoms with van der Waals surface area (Å²) < 4.78 is 15.9. The molecule has 0 saturated carbocycles. The van der Waals surface area contributed by atoms with E-state index in [4.69, 9.17) is 14.2 Å². The van der Waals surface area contributed by atoms with E-state index in [1.54, 1.807) is 18.2 Å². The molecule has 160 valence electrons.